The third-order valence-corrected chi connectivity index (χ3v) is 4.29. The standard InChI is InChI=1S/C17H17F3N4O3/c1-10(16(26)27)8-23(12-5-6-12)15(25)14-9-24(22-21-14)13-4-2-3-11(7-13)17(18,19)20/h2-4,7,9-10,12H,5-6,8H2,1H3,(H,26,27). The Morgan fingerprint density at radius 1 is 1.37 bits per heavy atom. The van der Waals surface area contributed by atoms with Gasteiger partial charge in [0.1, 0.15) is 0 Å². The largest absolute Gasteiger partial charge is 0.481 e. The third kappa shape index (κ3) is 4.26. The molecule has 1 amide bonds. The van der Waals surface area contributed by atoms with E-state index in [1.165, 1.54) is 30.2 Å². The van der Waals surface area contributed by atoms with E-state index in [1.54, 1.807) is 0 Å². The molecule has 1 N–H and O–H groups in total. The predicted octanol–water partition coefficient (Wildman–Crippen LogP) is 2.61. The molecule has 0 bridgehead atoms. The molecular weight excluding hydrogens is 365 g/mol. The molecule has 1 aromatic heterocycles. The number of benzene rings is 1. The Kier molecular flexibility index (Phi) is 4.90. The summed E-state index contributed by atoms with van der Waals surface area (Å²) < 4.78 is 39.6. The summed E-state index contributed by atoms with van der Waals surface area (Å²) >= 11 is 0. The second-order valence-corrected chi connectivity index (χ2v) is 6.52. The number of aliphatic carboxylic acids is 1. The number of carbonyl (C=O) groups is 2. The molecule has 0 aliphatic heterocycles. The molecule has 27 heavy (non-hydrogen) atoms. The van der Waals surface area contributed by atoms with Gasteiger partial charge in [-0.1, -0.05) is 18.2 Å². The molecule has 1 aliphatic carbocycles. The lowest BCUT2D eigenvalue weighted by Gasteiger charge is -2.23. The second-order valence-electron chi connectivity index (χ2n) is 6.52. The maximum atomic E-state index is 12.9. The van der Waals surface area contributed by atoms with Crippen molar-refractivity contribution in [3.05, 3.63) is 41.7 Å². The highest BCUT2D eigenvalue weighted by Crippen LogP contribution is 2.31. The van der Waals surface area contributed by atoms with Crippen LogP contribution in [0, 0.1) is 5.92 Å². The van der Waals surface area contributed by atoms with E-state index in [9.17, 15) is 22.8 Å². The average Bonchev–Trinajstić information content (AvgIpc) is 3.33. The maximum absolute atomic E-state index is 12.9. The van der Waals surface area contributed by atoms with Gasteiger partial charge in [0.05, 0.1) is 23.4 Å². The van der Waals surface area contributed by atoms with Gasteiger partial charge in [-0.05, 0) is 31.0 Å². The number of rotatable bonds is 6. The van der Waals surface area contributed by atoms with Crippen LogP contribution in [0.5, 0.6) is 0 Å². The number of amides is 1. The maximum Gasteiger partial charge on any atom is 0.416 e. The number of hydrogen-bond donors (Lipinski definition) is 1. The predicted molar refractivity (Wildman–Crippen MR) is 87.2 cm³/mol. The van der Waals surface area contributed by atoms with Crippen molar-refractivity contribution in [3.63, 3.8) is 0 Å². The van der Waals surface area contributed by atoms with Crippen LogP contribution >= 0.6 is 0 Å². The number of halogens is 3. The normalized spacial score (nSPS) is 15.4. The van der Waals surface area contributed by atoms with Gasteiger partial charge in [-0.15, -0.1) is 5.10 Å². The van der Waals surface area contributed by atoms with E-state index in [-0.39, 0.29) is 24.0 Å². The van der Waals surface area contributed by atoms with E-state index in [0.29, 0.717) is 0 Å². The van der Waals surface area contributed by atoms with E-state index in [4.69, 9.17) is 5.11 Å². The highest BCUT2D eigenvalue weighted by atomic mass is 19.4. The van der Waals surface area contributed by atoms with Gasteiger partial charge in [-0.3, -0.25) is 9.59 Å². The number of nitrogens with zero attached hydrogens (tertiary/aromatic N) is 4. The minimum Gasteiger partial charge on any atom is -0.481 e. The average molecular weight is 382 g/mol. The minimum absolute atomic E-state index is 0.0370. The molecule has 0 spiro atoms. The fourth-order valence-electron chi connectivity index (χ4n) is 2.62. The number of hydrogen-bond acceptors (Lipinski definition) is 4. The Hall–Kier alpha value is -2.91. The lowest BCUT2D eigenvalue weighted by Crippen LogP contribution is -2.38. The van der Waals surface area contributed by atoms with Gasteiger partial charge < -0.3 is 10.0 Å². The van der Waals surface area contributed by atoms with E-state index < -0.39 is 29.5 Å². The Morgan fingerprint density at radius 3 is 2.67 bits per heavy atom. The fourth-order valence-corrected chi connectivity index (χ4v) is 2.62. The quantitative estimate of drug-likeness (QED) is 0.830. The number of alkyl halides is 3. The molecule has 1 aromatic carbocycles. The van der Waals surface area contributed by atoms with Gasteiger partial charge in [-0.25, -0.2) is 4.68 Å². The lowest BCUT2D eigenvalue weighted by molar-refractivity contribution is -0.141. The summed E-state index contributed by atoms with van der Waals surface area (Å²) in [6.07, 6.45) is -1.69. The zero-order valence-electron chi connectivity index (χ0n) is 14.3. The monoisotopic (exact) mass is 382 g/mol. The first kappa shape index (κ1) is 18.9. The van der Waals surface area contributed by atoms with Crippen LogP contribution in [0.1, 0.15) is 35.8 Å². The summed E-state index contributed by atoms with van der Waals surface area (Å²) in [6.45, 7) is 1.54. The SMILES string of the molecule is CC(CN(C(=O)c1cn(-c2cccc(C(F)(F)F)c2)nn1)C1CC1)C(=O)O. The van der Waals surface area contributed by atoms with Crippen LogP contribution in [0.25, 0.3) is 5.69 Å². The molecule has 1 aliphatic rings. The van der Waals surface area contributed by atoms with Crippen LogP contribution < -0.4 is 0 Å². The van der Waals surface area contributed by atoms with Crippen molar-refractivity contribution in [1.29, 1.82) is 0 Å². The molecule has 0 radical (unpaired) electrons. The Balaban J connectivity index is 1.82. The van der Waals surface area contributed by atoms with Gasteiger partial charge in [-0.2, -0.15) is 13.2 Å². The molecule has 7 nitrogen and oxygen atoms in total. The Bertz CT molecular complexity index is 861. The molecule has 1 atom stereocenters. The molecular formula is C17H17F3N4O3. The zero-order chi connectivity index (χ0) is 19.8. The van der Waals surface area contributed by atoms with Gasteiger partial charge in [0.15, 0.2) is 5.69 Å². The molecule has 1 fully saturated rings. The van der Waals surface area contributed by atoms with Crippen LogP contribution in [-0.4, -0.2) is 49.5 Å². The summed E-state index contributed by atoms with van der Waals surface area (Å²) in [5.74, 6) is -2.24. The van der Waals surface area contributed by atoms with Crippen molar-refractivity contribution >= 4 is 11.9 Å². The first-order valence-electron chi connectivity index (χ1n) is 8.30. The van der Waals surface area contributed by atoms with Crippen molar-refractivity contribution in [3.8, 4) is 5.69 Å². The highest BCUT2D eigenvalue weighted by molar-refractivity contribution is 5.92. The molecule has 2 aromatic rings. The molecule has 1 heterocycles. The fraction of sp³-hybridized carbons (Fsp3) is 0.412. The Morgan fingerprint density at radius 2 is 2.07 bits per heavy atom. The first-order chi connectivity index (χ1) is 12.7. The number of aromatic nitrogens is 3. The van der Waals surface area contributed by atoms with Crippen molar-refractivity contribution in [2.24, 2.45) is 5.92 Å². The molecule has 1 saturated carbocycles. The van der Waals surface area contributed by atoms with Crippen molar-refractivity contribution in [2.75, 3.05) is 6.54 Å². The minimum atomic E-state index is -4.50. The number of carboxylic acids is 1. The number of carbonyl (C=O) groups excluding carboxylic acids is 1. The number of carboxylic acid groups (broad SMARTS) is 1. The second kappa shape index (κ2) is 7.01. The van der Waals surface area contributed by atoms with Crippen molar-refractivity contribution in [1.82, 2.24) is 19.9 Å². The van der Waals surface area contributed by atoms with Crippen LogP contribution in [0.3, 0.4) is 0 Å². The third-order valence-electron chi connectivity index (χ3n) is 4.29. The van der Waals surface area contributed by atoms with Crippen molar-refractivity contribution < 1.29 is 27.9 Å². The summed E-state index contributed by atoms with van der Waals surface area (Å²) in [7, 11) is 0. The van der Waals surface area contributed by atoms with Crippen LogP contribution in [0.4, 0.5) is 13.2 Å². The van der Waals surface area contributed by atoms with Crippen LogP contribution in [0.15, 0.2) is 30.5 Å². The van der Waals surface area contributed by atoms with E-state index in [2.05, 4.69) is 10.3 Å². The first-order valence-corrected chi connectivity index (χ1v) is 8.30. The van der Waals surface area contributed by atoms with Gasteiger partial charge in [0.25, 0.3) is 5.91 Å². The topological polar surface area (TPSA) is 88.3 Å². The summed E-state index contributed by atoms with van der Waals surface area (Å²) in [5, 5.41) is 16.6. The van der Waals surface area contributed by atoms with Gasteiger partial charge in [0, 0.05) is 12.6 Å². The van der Waals surface area contributed by atoms with E-state index in [0.717, 1.165) is 29.7 Å². The van der Waals surface area contributed by atoms with E-state index in [1.807, 2.05) is 0 Å². The smallest absolute Gasteiger partial charge is 0.416 e. The van der Waals surface area contributed by atoms with Crippen LogP contribution in [0.2, 0.25) is 0 Å². The summed E-state index contributed by atoms with van der Waals surface area (Å²) in [5.41, 5.74) is -0.761. The highest BCUT2D eigenvalue weighted by Gasteiger charge is 2.36. The summed E-state index contributed by atoms with van der Waals surface area (Å²) in [4.78, 5) is 25.2. The molecule has 3 rings (SSSR count). The zero-order valence-corrected chi connectivity index (χ0v) is 14.3. The van der Waals surface area contributed by atoms with Crippen molar-refractivity contribution in [2.45, 2.75) is 32.0 Å². The van der Waals surface area contributed by atoms with Gasteiger partial charge >= 0.3 is 12.1 Å². The molecule has 144 valence electrons. The lowest BCUT2D eigenvalue weighted by atomic mass is 10.1. The molecule has 10 heteroatoms. The molecule has 0 saturated heterocycles. The van der Waals surface area contributed by atoms with Crippen LogP contribution in [-0.2, 0) is 11.0 Å². The van der Waals surface area contributed by atoms with Gasteiger partial charge in [0.2, 0.25) is 0 Å². The Labute approximate surface area is 152 Å². The summed E-state index contributed by atoms with van der Waals surface area (Å²) in [6, 6.07) is 4.47. The molecule has 1 unspecified atom stereocenters. The van der Waals surface area contributed by atoms with E-state index >= 15 is 0 Å².